The molecule has 108 valence electrons. The number of nitrogens with zero attached hydrogens (tertiary/aromatic N) is 6. The van der Waals surface area contributed by atoms with E-state index in [2.05, 4.69) is 20.2 Å². The van der Waals surface area contributed by atoms with E-state index >= 15 is 0 Å². The highest BCUT2D eigenvalue weighted by molar-refractivity contribution is 5.92. The minimum Gasteiger partial charge on any atom is -0.461 e. The minimum atomic E-state index is -0.561. The molecule has 0 unspecified atom stereocenters. The molecule has 0 saturated carbocycles. The van der Waals surface area contributed by atoms with Crippen molar-refractivity contribution < 1.29 is 9.53 Å². The molecular weight excluding hydrogens is 274 g/mol. The summed E-state index contributed by atoms with van der Waals surface area (Å²) < 4.78 is 7.88. The van der Waals surface area contributed by atoms with Crippen molar-refractivity contribution in [1.29, 1.82) is 0 Å². The molecule has 0 amide bonds. The van der Waals surface area contributed by atoms with Crippen molar-refractivity contribution in [3.8, 4) is 5.82 Å². The van der Waals surface area contributed by atoms with Gasteiger partial charge in [0.25, 0.3) is 5.78 Å². The van der Waals surface area contributed by atoms with E-state index in [1.165, 1.54) is 21.7 Å². The molecule has 0 aromatic carbocycles. The molecule has 0 aliphatic heterocycles. The molecular formula is C12H13N7O2. The van der Waals surface area contributed by atoms with Gasteiger partial charge in [0.15, 0.2) is 11.5 Å². The van der Waals surface area contributed by atoms with E-state index in [0.29, 0.717) is 11.6 Å². The summed E-state index contributed by atoms with van der Waals surface area (Å²) in [4.78, 5) is 20.0. The van der Waals surface area contributed by atoms with Gasteiger partial charge in [-0.3, -0.25) is 0 Å². The maximum Gasteiger partial charge on any atom is 0.361 e. The van der Waals surface area contributed by atoms with Crippen molar-refractivity contribution in [2.24, 2.45) is 0 Å². The predicted octanol–water partition coefficient (Wildman–Crippen LogP) is 0.377. The molecule has 9 nitrogen and oxygen atoms in total. The van der Waals surface area contributed by atoms with Gasteiger partial charge in [0.05, 0.1) is 18.5 Å². The van der Waals surface area contributed by atoms with Gasteiger partial charge in [-0.2, -0.15) is 19.7 Å². The molecule has 0 atom stereocenters. The Labute approximate surface area is 119 Å². The van der Waals surface area contributed by atoms with Crippen LogP contribution in [-0.2, 0) is 4.74 Å². The van der Waals surface area contributed by atoms with Crippen LogP contribution in [0.25, 0.3) is 11.6 Å². The second kappa shape index (κ2) is 4.85. The largest absolute Gasteiger partial charge is 0.461 e. The molecule has 9 heteroatoms. The van der Waals surface area contributed by atoms with E-state index in [9.17, 15) is 4.79 Å². The van der Waals surface area contributed by atoms with E-state index in [4.69, 9.17) is 10.5 Å². The van der Waals surface area contributed by atoms with Crippen molar-refractivity contribution in [3.05, 3.63) is 30.0 Å². The third-order valence-corrected chi connectivity index (χ3v) is 2.81. The number of ether oxygens (including phenoxy) is 1. The topological polar surface area (TPSA) is 113 Å². The molecule has 21 heavy (non-hydrogen) atoms. The molecule has 0 aliphatic rings. The number of rotatable bonds is 3. The number of nitrogens with two attached hydrogens (primary N) is 1. The zero-order valence-corrected chi connectivity index (χ0v) is 11.5. The van der Waals surface area contributed by atoms with Crippen molar-refractivity contribution >= 4 is 17.4 Å². The molecule has 0 bridgehead atoms. The zero-order valence-electron chi connectivity index (χ0n) is 11.5. The summed E-state index contributed by atoms with van der Waals surface area (Å²) in [5.74, 6) is 0.461. The van der Waals surface area contributed by atoms with E-state index in [1.807, 2.05) is 6.92 Å². The fraction of sp³-hybridized carbons (Fsp3) is 0.250. The van der Waals surface area contributed by atoms with Crippen LogP contribution in [0.1, 0.15) is 23.1 Å². The monoisotopic (exact) mass is 287 g/mol. The first kappa shape index (κ1) is 13.0. The van der Waals surface area contributed by atoms with E-state index in [0.717, 1.165) is 5.69 Å². The van der Waals surface area contributed by atoms with Crippen molar-refractivity contribution in [1.82, 2.24) is 29.4 Å². The Morgan fingerprint density at radius 2 is 2.29 bits per heavy atom. The highest BCUT2D eigenvalue weighted by atomic mass is 16.5. The van der Waals surface area contributed by atoms with Gasteiger partial charge in [-0.25, -0.2) is 14.5 Å². The van der Waals surface area contributed by atoms with E-state index < -0.39 is 5.97 Å². The van der Waals surface area contributed by atoms with Crippen LogP contribution in [0.15, 0.2) is 18.6 Å². The molecule has 0 spiro atoms. The van der Waals surface area contributed by atoms with Crippen molar-refractivity contribution in [2.45, 2.75) is 13.8 Å². The van der Waals surface area contributed by atoms with Gasteiger partial charge in [0, 0.05) is 11.8 Å². The molecule has 2 N–H and O–H groups in total. The zero-order chi connectivity index (χ0) is 15.0. The maximum absolute atomic E-state index is 11.8. The molecule has 0 aliphatic carbocycles. The van der Waals surface area contributed by atoms with Crippen LogP contribution in [-0.4, -0.2) is 41.9 Å². The number of anilines is 1. The number of aromatic nitrogens is 6. The summed E-state index contributed by atoms with van der Waals surface area (Å²) in [6.45, 7) is 3.81. The van der Waals surface area contributed by atoms with E-state index in [1.54, 1.807) is 13.0 Å². The smallest absolute Gasteiger partial charge is 0.361 e. The Bertz CT molecular complexity index is 820. The normalized spacial score (nSPS) is 11.0. The third kappa shape index (κ3) is 2.18. The number of carbonyl (C=O) groups is 1. The minimum absolute atomic E-state index is 0.0691. The highest BCUT2D eigenvalue weighted by Crippen LogP contribution is 2.16. The first-order valence-electron chi connectivity index (χ1n) is 6.30. The number of aryl methyl sites for hydroxylation is 1. The maximum atomic E-state index is 11.8. The van der Waals surface area contributed by atoms with Crippen LogP contribution < -0.4 is 5.73 Å². The third-order valence-electron chi connectivity index (χ3n) is 2.81. The predicted molar refractivity (Wildman–Crippen MR) is 73.0 cm³/mol. The van der Waals surface area contributed by atoms with Crippen molar-refractivity contribution in [3.63, 3.8) is 0 Å². The Hall–Kier alpha value is -2.97. The number of hydrogen-bond acceptors (Lipinski definition) is 7. The van der Waals surface area contributed by atoms with E-state index in [-0.39, 0.29) is 18.0 Å². The molecule has 3 aromatic heterocycles. The van der Waals surface area contributed by atoms with Gasteiger partial charge >= 0.3 is 5.97 Å². The van der Waals surface area contributed by atoms with Crippen LogP contribution in [0.5, 0.6) is 0 Å². The van der Waals surface area contributed by atoms with Gasteiger partial charge in [0.1, 0.15) is 6.33 Å². The molecule has 0 saturated heterocycles. The number of carbonyl (C=O) groups excluding carboxylic acids is 1. The quantitative estimate of drug-likeness (QED) is 0.692. The number of esters is 1. The lowest BCUT2D eigenvalue weighted by Crippen LogP contribution is -2.10. The Morgan fingerprint density at radius 3 is 3.05 bits per heavy atom. The SMILES string of the molecule is CCOC(=O)c1nn(-c2cc(C)nc3ncnn23)cc1N. The fourth-order valence-electron chi connectivity index (χ4n) is 1.94. The fourth-order valence-corrected chi connectivity index (χ4v) is 1.94. The van der Waals surface area contributed by atoms with Gasteiger partial charge in [-0.1, -0.05) is 0 Å². The molecule has 3 heterocycles. The first-order chi connectivity index (χ1) is 10.1. The number of nitrogen functional groups attached to an aromatic ring is 1. The summed E-state index contributed by atoms with van der Waals surface area (Å²) >= 11 is 0. The molecule has 3 rings (SSSR count). The molecule has 0 fully saturated rings. The van der Waals surface area contributed by atoms with Crippen molar-refractivity contribution in [2.75, 3.05) is 12.3 Å². The number of hydrogen-bond donors (Lipinski definition) is 1. The standard InChI is InChI=1S/C12H13N7O2/c1-3-21-11(20)10-8(13)5-18(17-10)9-4-7(2)16-12-14-6-15-19(9)12/h4-6H,3,13H2,1-2H3. The average molecular weight is 287 g/mol. The van der Waals surface area contributed by atoms with Gasteiger partial charge < -0.3 is 10.5 Å². The Kier molecular flexibility index (Phi) is 3.01. The lowest BCUT2D eigenvalue weighted by Gasteiger charge is -2.04. The average Bonchev–Trinajstić information content (AvgIpc) is 3.04. The summed E-state index contributed by atoms with van der Waals surface area (Å²) in [5, 5.41) is 8.25. The van der Waals surface area contributed by atoms with Crippen LogP contribution in [0.3, 0.4) is 0 Å². The van der Waals surface area contributed by atoms with Crippen LogP contribution in [0.2, 0.25) is 0 Å². The van der Waals surface area contributed by atoms with Gasteiger partial charge in [0.2, 0.25) is 0 Å². The molecule has 3 aromatic rings. The summed E-state index contributed by atoms with van der Waals surface area (Å²) in [6, 6.07) is 1.77. The lowest BCUT2D eigenvalue weighted by molar-refractivity contribution is 0.0520. The van der Waals surface area contributed by atoms with Crippen LogP contribution in [0.4, 0.5) is 5.69 Å². The second-order valence-corrected chi connectivity index (χ2v) is 4.33. The van der Waals surface area contributed by atoms with Crippen LogP contribution >= 0.6 is 0 Å². The van der Waals surface area contributed by atoms with Crippen LogP contribution in [0, 0.1) is 6.92 Å². The Balaban J connectivity index is 2.13. The van der Waals surface area contributed by atoms with Gasteiger partial charge in [-0.15, -0.1) is 0 Å². The highest BCUT2D eigenvalue weighted by Gasteiger charge is 2.18. The van der Waals surface area contributed by atoms with Gasteiger partial charge in [-0.05, 0) is 13.8 Å². The second-order valence-electron chi connectivity index (χ2n) is 4.33. The Morgan fingerprint density at radius 1 is 1.48 bits per heavy atom. The summed E-state index contributed by atoms with van der Waals surface area (Å²) in [5.41, 5.74) is 6.87. The lowest BCUT2D eigenvalue weighted by atomic mass is 10.4. The first-order valence-corrected chi connectivity index (χ1v) is 6.30. The summed E-state index contributed by atoms with van der Waals surface area (Å²) in [6.07, 6.45) is 2.92. The number of fused-ring (bicyclic) bond motifs is 1. The summed E-state index contributed by atoms with van der Waals surface area (Å²) in [7, 11) is 0. The molecule has 0 radical (unpaired) electrons.